The van der Waals surface area contributed by atoms with Crippen LogP contribution < -0.4 is 10.1 Å². The van der Waals surface area contributed by atoms with Gasteiger partial charge in [0.05, 0.1) is 13.2 Å². The molecule has 4 rings (SSSR count). The van der Waals surface area contributed by atoms with E-state index in [9.17, 15) is 9.59 Å². The molecular weight excluding hydrogens is 398 g/mol. The van der Waals surface area contributed by atoms with Crippen LogP contribution in [0, 0.1) is 5.92 Å². The molecule has 2 fully saturated rings. The molecule has 1 aromatic carbocycles. The molecule has 2 aliphatic heterocycles. The molecular formula is C23H29N3O3S. The zero-order valence-electron chi connectivity index (χ0n) is 17.6. The van der Waals surface area contributed by atoms with Crippen LogP contribution in [0.3, 0.4) is 0 Å². The molecule has 3 heterocycles. The first kappa shape index (κ1) is 20.9. The normalized spacial score (nSPS) is 23.1. The lowest BCUT2D eigenvalue weighted by Crippen LogP contribution is -2.53. The molecule has 160 valence electrons. The van der Waals surface area contributed by atoms with Crippen molar-refractivity contribution in [3.8, 4) is 5.75 Å². The maximum atomic E-state index is 13.1. The van der Waals surface area contributed by atoms with E-state index in [0.717, 1.165) is 43.8 Å². The minimum Gasteiger partial charge on any atom is -0.494 e. The van der Waals surface area contributed by atoms with Crippen molar-refractivity contribution < 1.29 is 14.3 Å². The van der Waals surface area contributed by atoms with E-state index < -0.39 is 5.54 Å². The smallest absolute Gasteiger partial charge is 0.325 e. The van der Waals surface area contributed by atoms with Crippen LogP contribution in [0.4, 0.5) is 4.79 Å². The molecule has 1 unspecified atom stereocenters. The number of urea groups is 1. The Bertz CT molecular complexity index is 876. The summed E-state index contributed by atoms with van der Waals surface area (Å²) in [5.74, 6) is 0.956. The van der Waals surface area contributed by atoms with Gasteiger partial charge in [0, 0.05) is 6.54 Å². The SMILES string of the molecule is CCOc1ccc(CN2CCC(C3(C)NC(=O)N(Cc4ccsc4)C3=O)CC2)cc1. The van der Waals surface area contributed by atoms with Gasteiger partial charge in [-0.1, -0.05) is 12.1 Å². The third-order valence-electron chi connectivity index (χ3n) is 6.27. The van der Waals surface area contributed by atoms with Gasteiger partial charge in [0.2, 0.25) is 0 Å². The second-order valence-corrected chi connectivity index (χ2v) is 9.06. The van der Waals surface area contributed by atoms with Gasteiger partial charge in [-0.15, -0.1) is 0 Å². The number of ether oxygens (including phenoxy) is 1. The van der Waals surface area contributed by atoms with Crippen molar-refractivity contribution in [1.29, 1.82) is 0 Å². The summed E-state index contributed by atoms with van der Waals surface area (Å²) in [5.41, 5.74) is 1.45. The molecule has 0 radical (unpaired) electrons. The van der Waals surface area contributed by atoms with E-state index in [1.807, 2.05) is 42.8 Å². The quantitative estimate of drug-likeness (QED) is 0.682. The Morgan fingerprint density at radius 2 is 1.83 bits per heavy atom. The fourth-order valence-corrected chi connectivity index (χ4v) is 5.15. The van der Waals surface area contributed by atoms with Gasteiger partial charge in [0.25, 0.3) is 5.91 Å². The Morgan fingerprint density at radius 3 is 2.47 bits per heavy atom. The summed E-state index contributed by atoms with van der Waals surface area (Å²) in [6.45, 7) is 7.62. The maximum absolute atomic E-state index is 13.1. The minimum absolute atomic E-state index is 0.0938. The van der Waals surface area contributed by atoms with Gasteiger partial charge in [-0.2, -0.15) is 11.3 Å². The summed E-state index contributed by atoms with van der Waals surface area (Å²) in [5, 5.41) is 6.95. The van der Waals surface area contributed by atoms with E-state index in [-0.39, 0.29) is 17.9 Å². The van der Waals surface area contributed by atoms with Gasteiger partial charge in [0.1, 0.15) is 11.3 Å². The lowest BCUT2D eigenvalue weighted by molar-refractivity contribution is -0.133. The molecule has 0 aliphatic carbocycles. The van der Waals surface area contributed by atoms with E-state index in [4.69, 9.17) is 4.74 Å². The number of carbonyl (C=O) groups excluding carboxylic acids is 2. The van der Waals surface area contributed by atoms with E-state index >= 15 is 0 Å². The lowest BCUT2D eigenvalue weighted by Gasteiger charge is -2.39. The Morgan fingerprint density at radius 1 is 1.10 bits per heavy atom. The Hall–Kier alpha value is -2.38. The van der Waals surface area contributed by atoms with Crippen LogP contribution in [0.15, 0.2) is 41.1 Å². The summed E-state index contributed by atoms with van der Waals surface area (Å²) in [7, 11) is 0. The fraction of sp³-hybridized carbons (Fsp3) is 0.478. The third-order valence-corrected chi connectivity index (χ3v) is 7.00. The summed E-state index contributed by atoms with van der Waals surface area (Å²) >= 11 is 1.58. The monoisotopic (exact) mass is 427 g/mol. The summed E-state index contributed by atoms with van der Waals surface area (Å²) in [6.07, 6.45) is 1.79. The van der Waals surface area contributed by atoms with Gasteiger partial charge in [-0.05, 0) is 85.8 Å². The van der Waals surface area contributed by atoms with E-state index in [2.05, 4.69) is 22.3 Å². The Balaban J connectivity index is 1.34. The van der Waals surface area contributed by atoms with E-state index in [1.165, 1.54) is 10.5 Å². The number of imide groups is 1. The van der Waals surface area contributed by atoms with Crippen LogP contribution in [0.25, 0.3) is 0 Å². The van der Waals surface area contributed by atoms with Crippen LogP contribution in [0.1, 0.15) is 37.8 Å². The first-order valence-corrected chi connectivity index (χ1v) is 11.5. The molecule has 0 bridgehead atoms. The van der Waals surface area contributed by atoms with E-state index in [1.54, 1.807) is 11.3 Å². The molecule has 2 aromatic rings. The zero-order valence-corrected chi connectivity index (χ0v) is 18.4. The summed E-state index contributed by atoms with van der Waals surface area (Å²) < 4.78 is 5.51. The largest absolute Gasteiger partial charge is 0.494 e. The van der Waals surface area contributed by atoms with Crippen molar-refractivity contribution >= 4 is 23.3 Å². The third kappa shape index (κ3) is 4.23. The van der Waals surface area contributed by atoms with Crippen LogP contribution in [-0.4, -0.2) is 47.0 Å². The highest BCUT2D eigenvalue weighted by atomic mass is 32.1. The number of nitrogens with zero attached hydrogens (tertiary/aromatic N) is 2. The first-order valence-electron chi connectivity index (χ1n) is 10.6. The van der Waals surface area contributed by atoms with Crippen LogP contribution in [0.5, 0.6) is 5.75 Å². The number of hydrogen-bond donors (Lipinski definition) is 1. The number of thiophene rings is 1. The lowest BCUT2D eigenvalue weighted by atomic mass is 9.79. The van der Waals surface area contributed by atoms with Crippen LogP contribution in [0.2, 0.25) is 0 Å². The predicted molar refractivity (Wildman–Crippen MR) is 117 cm³/mol. The highest BCUT2D eigenvalue weighted by Crippen LogP contribution is 2.34. The van der Waals surface area contributed by atoms with Crippen LogP contribution >= 0.6 is 11.3 Å². The Labute approximate surface area is 181 Å². The number of nitrogens with one attached hydrogen (secondary N) is 1. The number of rotatable bonds is 7. The van der Waals surface area contributed by atoms with Gasteiger partial charge in [-0.25, -0.2) is 4.79 Å². The molecule has 3 amide bonds. The standard InChI is InChI=1S/C23H29N3O3S/c1-3-29-20-6-4-17(5-7-20)14-25-11-8-19(9-12-25)23(2)21(27)26(22(28)24-23)15-18-10-13-30-16-18/h4-7,10,13,16,19H,3,8-9,11-12,14-15H2,1-2H3,(H,24,28). The molecule has 0 saturated carbocycles. The number of benzene rings is 1. The minimum atomic E-state index is -0.807. The molecule has 7 heteroatoms. The highest BCUT2D eigenvalue weighted by Gasteiger charge is 2.52. The van der Waals surface area contributed by atoms with Crippen molar-refractivity contribution in [2.75, 3.05) is 19.7 Å². The van der Waals surface area contributed by atoms with Gasteiger partial charge >= 0.3 is 6.03 Å². The second-order valence-electron chi connectivity index (χ2n) is 8.28. The number of piperidine rings is 1. The maximum Gasteiger partial charge on any atom is 0.325 e. The molecule has 1 aromatic heterocycles. The van der Waals surface area contributed by atoms with Crippen molar-refractivity contribution in [2.24, 2.45) is 5.92 Å². The number of hydrogen-bond acceptors (Lipinski definition) is 5. The average Bonchev–Trinajstić information content (AvgIpc) is 3.33. The van der Waals surface area contributed by atoms with Crippen LogP contribution in [-0.2, 0) is 17.9 Å². The fourth-order valence-electron chi connectivity index (χ4n) is 4.49. The topological polar surface area (TPSA) is 61.9 Å². The predicted octanol–water partition coefficient (Wildman–Crippen LogP) is 3.87. The summed E-state index contributed by atoms with van der Waals surface area (Å²) in [6, 6.07) is 9.94. The van der Waals surface area contributed by atoms with Crippen molar-refractivity contribution in [3.63, 3.8) is 0 Å². The molecule has 2 aliphatic rings. The molecule has 0 spiro atoms. The van der Waals surface area contributed by atoms with Crippen molar-refractivity contribution in [3.05, 3.63) is 52.2 Å². The molecule has 6 nitrogen and oxygen atoms in total. The molecule has 30 heavy (non-hydrogen) atoms. The van der Waals surface area contributed by atoms with Gasteiger partial charge < -0.3 is 10.1 Å². The van der Waals surface area contributed by atoms with Crippen molar-refractivity contribution in [2.45, 2.75) is 45.3 Å². The van der Waals surface area contributed by atoms with E-state index in [0.29, 0.717) is 13.2 Å². The zero-order chi connectivity index (χ0) is 21.1. The number of likely N-dealkylation sites (tertiary alicyclic amines) is 1. The van der Waals surface area contributed by atoms with Gasteiger partial charge in [-0.3, -0.25) is 14.6 Å². The number of amides is 3. The molecule has 1 N–H and O–H groups in total. The van der Waals surface area contributed by atoms with Gasteiger partial charge in [0.15, 0.2) is 0 Å². The Kier molecular flexibility index (Phi) is 6.11. The first-order chi connectivity index (χ1) is 14.5. The average molecular weight is 428 g/mol. The molecule has 1 atom stereocenters. The van der Waals surface area contributed by atoms with Crippen molar-refractivity contribution in [1.82, 2.24) is 15.1 Å². The number of carbonyl (C=O) groups is 2. The second kappa shape index (κ2) is 8.78. The summed E-state index contributed by atoms with van der Waals surface area (Å²) in [4.78, 5) is 29.5. The molecule has 2 saturated heterocycles. The highest BCUT2D eigenvalue weighted by molar-refractivity contribution is 7.07.